The smallest absolute Gasteiger partial charge is 0.234 e. The van der Waals surface area contributed by atoms with Crippen molar-refractivity contribution in [3.63, 3.8) is 0 Å². The zero-order valence-corrected chi connectivity index (χ0v) is 16.1. The van der Waals surface area contributed by atoms with Crippen molar-refractivity contribution in [2.75, 3.05) is 29.1 Å². The Morgan fingerprint density at radius 3 is 2.70 bits per heavy atom. The number of benzene rings is 1. The van der Waals surface area contributed by atoms with Crippen LogP contribution in [0.2, 0.25) is 0 Å². The van der Waals surface area contributed by atoms with Gasteiger partial charge in [0.2, 0.25) is 5.91 Å². The van der Waals surface area contributed by atoms with Crippen molar-refractivity contribution in [1.29, 1.82) is 0 Å². The number of fused-ring (bicyclic) bond motifs is 1. The van der Waals surface area contributed by atoms with Crippen molar-refractivity contribution in [2.24, 2.45) is 7.05 Å². The summed E-state index contributed by atoms with van der Waals surface area (Å²) in [5, 5.41) is 8.78. The Morgan fingerprint density at radius 2 is 1.93 bits per heavy atom. The zero-order chi connectivity index (χ0) is 18.6. The number of thioether (sulfide) groups is 1. The summed E-state index contributed by atoms with van der Waals surface area (Å²) in [5.41, 5.74) is 2.80. The molecule has 1 aliphatic heterocycles. The monoisotopic (exact) mass is 382 g/mol. The van der Waals surface area contributed by atoms with Gasteiger partial charge < -0.3 is 10.2 Å². The summed E-state index contributed by atoms with van der Waals surface area (Å²) in [6.07, 6.45) is 7.06. The van der Waals surface area contributed by atoms with Crippen molar-refractivity contribution in [2.45, 2.75) is 24.3 Å². The molecule has 0 bridgehead atoms. The molecule has 2 aromatic heterocycles. The van der Waals surface area contributed by atoms with Crippen LogP contribution in [0.1, 0.15) is 19.3 Å². The van der Waals surface area contributed by atoms with Crippen LogP contribution < -0.4 is 10.2 Å². The second kappa shape index (κ2) is 7.96. The second-order valence-electron chi connectivity index (χ2n) is 6.62. The predicted octanol–water partition coefficient (Wildman–Crippen LogP) is 3.08. The molecule has 3 aromatic rings. The van der Waals surface area contributed by atoms with E-state index < -0.39 is 0 Å². The number of aryl methyl sites for hydroxylation is 1. The van der Waals surface area contributed by atoms with E-state index in [1.54, 1.807) is 10.9 Å². The highest BCUT2D eigenvalue weighted by Gasteiger charge is 2.12. The van der Waals surface area contributed by atoms with E-state index in [0.29, 0.717) is 0 Å². The number of nitrogens with one attached hydrogen (secondary N) is 1. The van der Waals surface area contributed by atoms with E-state index >= 15 is 0 Å². The Bertz CT molecular complexity index is 933. The van der Waals surface area contributed by atoms with E-state index in [1.807, 2.05) is 19.2 Å². The Kier molecular flexibility index (Phi) is 5.24. The molecule has 0 atom stereocenters. The quantitative estimate of drug-likeness (QED) is 0.540. The number of hydrogen-bond donors (Lipinski definition) is 1. The first kappa shape index (κ1) is 17.8. The summed E-state index contributed by atoms with van der Waals surface area (Å²) < 4.78 is 1.70. The predicted molar refractivity (Wildman–Crippen MR) is 108 cm³/mol. The van der Waals surface area contributed by atoms with Gasteiger partial charge in [-0.2, -0.15) is 5.10 Å². The molecule has 1 saturated heterocycles. The van der Waals surface area contributed by atoms with E-state index in [4.69, 9.17) is 0 Å². The third kappa shape index (κ3) is 4.05. The number of carbonyl (C=O) groups excluding carboxylic acids is 1. The first-order valence-electron chi connectivity index (χ1n) is 9.11. The van der Waals surface area contributed by atoms with Crippen LogP contribution in [0.5, 0.6) is 0 Å². The highest BCUT2D eigenvalue weighted by molar-refractivity contribution is 8.00. The molecular weight excluding hydrogens is 360 g/mol. The third-order valence-electron chi connectivity index (χ3n) is 4.71. The van der Waals surface area contributed by atoms with Gasteiger partial charge in [-0.3, -0.25) is 9.48 Å². The molecule has 1 N–H and O–H groups in total. The largest absolute Gasteiger partial charge is 0.372 e. The topological polar surface area (TPSA) is 75.9 Å². The van der Waals surface area contributed by atoms with Crippen molar-refractivity contribution in [1.82, 2.24) is 19.7 Å². The van der Waals surface area contributed by atoms with Crippen LogP contribution in [-0.4, -0.2) is 44.5 Å². The van der Waals surface area contributed by atoms with Gasteiger partial charge in [-0.15, -0.1) is 0 Å². The molecule has 7 nitrogen and oxygen atoms in total. The standard InChI is InChI=1S/C19H22N6OS/c1-24-18-16(11-22-24)19(21-13-20-18)27-12-17(26)23-14-5-7-15(8-6-14)25-9-3-2-4-10-25/h5-8,11,13H,2-4,9-10,12H2,1H3,(H,23,26). The summed E-state index contributed by atoms with van der Waals surface area (Å²) >= 11 is 1.39. The lowest BCUT2D eigenvalue weighted by atomic mass is 10.1. The average Bonchev–Trinajstić information content (AvgIpc) is 3.09. The number of anilines is 2. The fourth-order valence-electron chi connectivity index (χ4n) is 3.29. The van der Waals surface area contributed by atoms with Gasteiger partial charge in [-0.1, -0.05) is 11.8 Å². The number of nitrogens with zero attached hydrogens (tertiary/aromatic N) is 5. The molecule has 0 unspecified atom stereocenters. The highest BCUT2D eigenvalue weighted by Crippen LogP contribution is 2.25. The van der Waals surface area contributed by atoms with Gasteiger partial charge in [-0.05, 0) is 43.5 Å². The number of rotatable bonds is 5. The van der Waals surface area contributed by atoms with Crippen LogP contribution in [-0.2, 0) is 11.8 Å². The molecule has 8 heteroatoms. The summed E-state index contributed by atoms with van der Waals surface area (Å²) in [7, 11) is 1.84. The van der Waals surface area contributed by atoms with Gasteiger partial charge in [0.05, 0.1) is 17.3 Å². The van der Waals surface area contributed by atoms with Gasteiger partial charge >= 0.3 is 0 Å². The third-order valence-corrected chi connectivity index (χ3v) is 5.71. The zero-order valence-electron chi connectivity index (χ0n) is 15.3. The first-order valence-corrected chi connectivity index (χ1v) is 10.1. The number of hydrogen-bond acceptors (Lipinski definition) is 6. The molecule has 3 heterocycles. The Balaban J connectivity index is 1.35. The molecule has 1 fully saturated rings. The van der Waals surface area contributed by atoms with Crippen LogP contribution in [0, 0.1) is 0 Å². The lowest BCUT2D eigenvalue weighted by molar-refractivity contribution is -0.113. The molecule has 1 amide bonds. The molecule has 0 saturated carbocycles. The second-order valence-corrected chi connectivity index (χ2v) is 7.58. The number of amides is 1. The summed E-state index contributed by atoms with van der Waals surface area (Å²) in [5.74, 6) is 0.232. The summed E-state index contributed by atoms with van der Waals surface area (Å²) in [4.78, 5) is 23.2. The maximum absolute atomic E-state index is 12.3. The van der Waals surface area contributed by atoms with E-state index in [9.17, 15) is 4.79 Å². The van der Waals surface area contributed by atoms with Crippen LogP contribution in [0.3, 0.4) is 0 Å². The number of carbonyl (C=O) groups is 1. The van der Waals surface area contributed by atoms with Crippen LogP contribution in [0.15, 0.2) is 41.8 Å². The molecule has 1 aliphatic rings. The van der Waals surface area contributed by atoms with Crippen molar-refractivity contribution in [3.05, 3.63) is 36.8 Å². The molecule has 1 aromatic carbocycles. The number of aromatic nitrogens is 4. The Morgan fingerprint density at radius 1 is 1.15 bits per heavy atom. The molecule has 0 spiro atoms. The molecular formula is C19H22N6OS. The van der Waals surface area contributed by atoms with E-state index in [0.717, 1.165) is 34.8 Å². The normalized spacial score (nSPS) is 14.5. The minimum absolute atomic E-state index is 0.0543. The van der Waals surface area contributed by atoms with Gasteiger partial charge in [0, 0.05) is 31.5 Å². The van der Waals surface area contributed by atoms with Gasteiger partial charge in [-0.25, -0.2) is 9.97 Å². The fourth-order valence-corrected chi connectivity index (χ4v) is 4.06. The molecule has 0 aliphatic carbocycles. The van der Waals surface area contributed by atoms with Gasteiger partial charge in [0.25, 0.3) is 0 Å². The van der Waals surface area contributed by atoms with Crippen LogP contribution in [0.4, 0.5) is 11.4 Å². The van der Waals surface area contributed by atoms with Crippen LogP contribution >= 0.6 is 11.8 Å². The van der Waals surface area contributed by atoms with E-state index in [2.05, 4.69) is 37.4 Å². The fraction of sp³-hybridized carbons (Fsp3) is 0.368. The maximum atomic E-state index is 12.3. The Hall–Kier alpha value is -2.61. The number of piperidine rings is 1. The highest BCUT2D eigenvalue weighted by atomic mass is 32.2. The van der Waals surface area contributed by atoms with Gasteiger partial charge in [0.1, 0.15) is 11.4 Å². The SMILES string of the molecule is Cn1ncc2c(SCC(=O)Nc3ccc(N4CCCCC4)cc3)ncnc21. The molecule has 4 rings (SSSR count). The minimum Gasteiger partial charge on any atom is -0.372 e. The molecule has 27 heavy (non-hydrogen) atoms. The summed E-state index contributed by atoms with van der Waals surface area (Å²) in [6, 6.07) is 8.10. The maximum Gasteiger partial charge on any atom is 0.234 e. The van der Waals surface area contributed by atoms with Crippen molar-refractivity contribution < 1.29 is 4.79 Å². The van der Waals surface area contributed by atoms with E-state index in [1.165, 1.54) is 43.0 Å². The van der Waals surface area contributed by atoms with Crippen molar-refractivity contribution in [3.8, 4) is 0 Å². The average molecular weight is 382 g/mol. The molecule has 140 valence electrons. The Labute approximate surface area is 162 Å². The first-order chi connectivity index (χ1) is 13.2. The lowest BCUT2D eigenvalue weighted by Gasteiger charge is -2.28. The van der Waals surface area contributed by atoms with E-state index in [-0.39, 0.29) is 11.7 Å². The van der Waals surface area contributed by atoms with Crippen LogP contribution in [0.25, 0.3) is 11.0 Å². The van der Waals surface area contributed by atoms with Crippen molar-refractivity contribution >= 4 is 40.1 Å². The lowest BCUT2D eigenvalue weighted by Crippen LogP contribution is -2.29. The molecule has 0 radical (unpaired) electrons. The summed E-state index contributed by atoms with van der Waals surface area (Å²) in [6.45, 7) is 2.23. The van der Waals surface area contributed by atoms with Gasteiger partial charge in [0.15, 0.2) is 5.65 Å². The minimum atomic E-state index is -0.0543.